The Labute approximate surface area is 95.5 Å². The zero-order valence-corrected chi connectivity index (χ0v) is 11.3. The molecule has 1 aliphatic carbocycles. The molecule has 0 amide bonds. The van der Waals surface area contributed by atoms with Crippen molar-refractivity contribution in [2.75, 3.05) is 0 Å². The second kappa shape index (κ2) is 4.55. The molecule has 0 nitrogen and oxygen atoms in total. The van der Waals surface area contributed by atoms with Gasteiger partial charge in [-0.1, -0.05) is 51.8 Å². The summed E-state index contributed by atoms with van der Waals surface area (Å²) < 4.78 is 0. The summed E-state index contributed by atoms with van der Waals surface area (Å²) in [4.78, 5) is 0. The summed E-state index contributed by atoms with van der Waals surface area (Å²) in [7, 11) is 0. The van der Waals surface area contributed by atoms with Crippen LogP contribution in [0.15, 0.2) is 22.8 Å². The van der Waals surface area contributed by atoms with Gasteiger partial charge in [0.2, 0.25) is 0 Å². The first-order valence-electron chi connectivity index (χ1n) is 6.16. The van der Waals surface area contributed by atoms with E-state index in [1.807, 2.05) is 0 Å². The first-order chi connectivity index (χ1) is 6.78. The van der Waals surface area contributed by atoms with Gasteiger partial charge in [-0.05, 0) is 43.1 Å². The lowest BCUT2D eigenvalue weighted by molar-refractivity contribution is 0.407. The Kier molecular flexibility index (Phi) is 3.81. The Morgan fingerprint density at radius 1 is 1.27 bits per heavy atom. The van der Waals surface area contributed by atoms with Crippen LogP contribution in [0.1, 0.15) is 60.8 Å². The Morgan fingerprint density at radius 2 is 1.87 bits per heavy atom. The molecule has 0 aliphatic heterocycles. The number of rotatable bonds is 3. The molecule has 86 valence electrons. The van der Waals surface area contributed by atoms with Crippen LogP contribution < -0.4 is 0 Å². The van der Waals surface area contributed by atoms with Crippen molar-refractivity contribution >= 4 is 0 Å². The van der Waals surface area contributed by atoms with E-state index in [0.717, 1.165) is 5.92 Å². The van der Waals surface area contributed by atoms with Crippen molar-refractivity contribution in [2.45, 2.75) is 60.8 Å². The molecular weight excluding hydrogens is 180 g/mol. The van der Waals surface area contributed by atoms with Crippen LogP contribution in [-0.2, 0) is 0 Å². The highest BCUT2D eigenvalue weighted by atomic mass is 14.2. The highest BCUT2D eigenvalue weighted by molar-refractivity contribution is 5.38. The first-order valence-corrected chi connectivity index (χ1v) is 6.16. The summed E-state index contributed by atoms with van der Waals surface area (Å²) in [5.74, 6) is 0.778. The van der Waals surface area contributed by atoms with E-state index in [1.54, 1.807) is 16.7 Å². The summed E-state index contributed by atoms with van der Waals surface area (Å²) in [6, 6.07) is 0. The number of hydrogen-bond donors (Lipinski definition) is 0. The topological polar surface area (TPSA) is 0 Å². The van der Waals surface area contributed by atoms with Gasteiger partial charge in [0.15, 0.2) is 0 Å². The smallest absolute Gasteiger partial charge is 0.0102 e. The molecule has 15 heavy (non-hydrogen) atoms. The fraction of sp³-hybridized carbons (Fsp3) is 0.733. The van der Waals surface area contributed by atoms with Crippen LogP contribution in [0.25, 0.3) is 0 Å². The minimum Gasteiger partial charge on any atom is -0.0660 e. The molecule has 0 heteroatoms. The minimum absolute atomic E-state index is 0.430. The maximum Gasteiger partial charge on any atom is -0.0102 e. The molecule has 0 saturated carbocycles. The molecule has 1 aliphatic rings. The molecule has 0 fully saturated rings. The largest absolute Gasteiger partial charge is 0.0660 e. The third-order valence-electron chi connectivity index (χ3n) is 2.80. The van der Waals surface area contributed by atoms with Crippen LogP contribution in [-0.4, -0.2) is 0 Å². The lowest BCUT2D eigenvalue weighted by Crippen LogP contribution is -2.05. The average molecular weight is 206 g/mol. The molecule has 0 radical (unpaired) electrons. The Bertz CT molecular complexity index is 282. The molecule has 0 unspecified atom stereocenters. The van der Waals surface area contributed by atoms with E-state index in [2.05, 4.69) is 47.6 Å². The van der Waals surface area contributed by atoms with Crippen molar-refractivity contribution in [1.29, 1.82) is 0 Å². The van der Waals surface area contributed by atoms with Crippen molar-refractivity contribution < 1.29 is 0 Å². The third kappa shape index (κ3) is 4.24. The normalized spacial score (nSPS) is 17.7. The van der Waals surface area contributed by atoms with E-state index in [-0.39, 0.29) is 0 Å². The van der Waals surface area contributed by atoms with Crippen LogP contribution in [0.3, 0.4) is 0 Å². The molecule has 0 aromatic carbocycles. The molecule has 0 atom stereocenters. The number of allylic oxidation sites excluding steroid dienone is 4. The molecule has 0 N–H and O–H groups in total. The van der Waals surface area contributed by atoms with Crippen LogP contribution in [0.5, 0.6) is 0 Å². The van der Waals surface area contributed by atoms with Gasteiger partial charge in [0.1, 0.15) is 0 Å². The maximum atomic E-state index is 2.46. The van der Waals surface area contributed by atoms with Crippen LogP contribution in [0.2, 0.25) is 0 Å². The molecule has 0 aromatic heterocycles. The lowest BCUT2D eigenvalue weighted by atomic mass is 9.87. The van der Waals surface area contributed by atoms with Crippen LogP contribution in [0, 0.1) is 11.3 Å². The Hall–Kier alpha value is -0.520. The van der Waals surface area contributed by atoms with Gasteiger partial charge in [-0.3, -0.25) is 0 Å². The predicted molar refractivity (Wildman–Crippen MR) is 68.9 cm³/mol. The molecule has 0 aromatic rings. The SMILES string of the molecule is CC1=C(CC(C)C)C=C(CC(C)(C)C)C1. The maximum absolute atomic E-state index is 2.46. The average Bonchev–Trinajstić information content (AvgIpc) is 2.26. The van der Waals surface area contributed by atoms with Gasteiger partial charge < -0.3 is 0 Å². The second-order valence-electron chi connectivity index (χ2n) is 6.62. The van der Waals surface area contributed by atoms with Gasteiger partial charge in [0.25, 0.3) is 0 Å². The third-order valence-corrected chi connectivity index (χ3v) is 2.80. The zero-order chi connectivity index (χ0) is 11.6. The molecule has 0 bridgehead atoms. The second-order valence-corrected chi connectivity index (χ2v) is 6.62. The van der Waals surface area contributed by atoms with Crippen molar-refractivity contribution in [3.63, 3.8) is 0 Å². The van der Waals surface area contributed by atoms with Gasteiger partial charge in [0, 0.05) is 0 Å². The summed E-state index contributed by atoms with van der Waals surface area (Å²) in [6.07, 6.45) is 6.17. The molecule has 0 saturated heterocycles. The minimum atomic E-state index is 0.430. The highest BCUT2D eigenvalue weighted by Gasteiger charge is 2.18. The fourth-order valence-corrected chi connectivity index (χ4v) is 2.34. The van der Waals surface area contributed by atoms with Gasteiger partial charge in [-0.15, -0.1) is 0 Å². The van der Waals surface area contributed by atoms with Gasteiger partial charge in [-0.2, -0.15) is 0 Å². The standard InChI is InChI=1S/C15H26/c1-11(2)7-14-9-13(8-12(14)3)10-15(4,5)6/h9,11H,7-8,10H2,1-6H3. The van der Waals surface area contributed by atoms with Crippen LogP contribution >= 0.6 is 0 Å². The highest BCUT2D eigenvalue weighted by Crippen LogP contribution is 2.35. The van der Waals surface area contributed by atoms with Crippen LogP contribution in [0.4, 0.5) is 0 Å². The number of hydrogen-bond acceptors (Lipinski definition) is 0. The monoisotopic (exact) mass is 206 g/mol. The summed E-state index contributed by atoms with van der Waals surface area (Å²) in [5.41, 5.74) is 5.27. The van der Waals surface area contributed by atoms with Crippen molar-refractivity contribution in [2.24, 2.45) is 11.3 Å². The molecule has 1 rings (SSSR count). The van der Waals surface area contributed by atoms with E-state index < -0.39 is 0 Å². The molecular formula is C15H26. The van der Waals surface area contributed by atoms with E-state index in [4.69, 9.17) is 0 Å². The molecule has 0 heterocycles. The van der Waals surface area contributed by atoms with Gasteiger partial charge in [-0.25, -0.2) is 0 Å². The van der Waals surface area contributed by atoms with E-state index in [0.29, 0.717) is 5.41 Å². The summed E-state index contributed by atoms with van der Waals surface area (Å²) >= 11 is 0. The van der Waals surface area contributed by atoms with Gasteiger partial charge >= 0.3 is 0 Å². The quantitative estimate of drug-likeness (QED) is 0.601. The van der Waals surface area contributed by atoms with Crippen molar-refractivity contribution in [3.05, 3.63) is 22.8 Å². The fourth-order valence-electron chi connectivity index (χ4n) is 2.34. The predicted octanol–water partition coefficient (Wildman–Crippen LogP) is 5.12. The van der Waals surface area contributed by atoms with Crippen molar-refractivity contribution in [1.82, 2.24) is 0 Å². The summed E-state index contributed by atoms with van der Waals surface area (Å²) in [5, 5.41) is 0. The summed E-state index contributed by atoms with van der Waals surface area (Å²) in [6.45, 7) is 13.9. The zero-order valence-electron chi connectivity index (χ0n) is 11.3. The van der Waals surface area contributed by atoms with Crippen molar-refractivity contribution in [3.8, 4) is 0 Å². The Morgan fingerprint density at radius 3 is 2.33 bits per heavy atom. The first kappa shape index (κ1) is 12.5. The Balaban J connectivity index is 2.62. The molecule has 0 spiro atoms. The van der Waals surface area contributed by atoms with E-state index in [1.165, 1.54) is 19.3 Å². The van der Waals surface area contributed by atoms with E-state index in [9.17, 15) is 0 Å². The lowest BCUT2D eigenvalue weighted by Gasteiger charge is -2.18. The van der Waals surface area contributed by atoms with E-state index >= 15 is 0 Å². The van der Waals surface area contributed by atoms with Gasteiger partial charge in [0.05, 0.1) is 0 Å².